The van der Waals surface area contributed by atoms with Gasteiger partial charge in [-0.1, -0.05) is 24.2 Å². The lowest BCUT2D eigenvalue weighted by atomic mass is 10.2. The Morgan fingerprint density at radius 2 is 2.20 bits per heavy atom. The number of anilines is 2. The van der Waals surface area contributed by atoms with Crippen molar-refractivity contribution in [1.82, 2.24) is 0 Å². The van der Waals surface area contributed by atoms with E-state index in [2.05, 4.69) is 11.9 Å². The highest BCUT2D eigenvalue weighted by atomic mass is 35.5. The molecule has 0 unspecified atom stereocenters. The summed E-state index contributed by atoms with van der Waals surface area (Å²) in [4.78, 5) is 13.0. The van der Waals surface area contributed by atoms with Crippen LogP contribution in [0, 0.1) is 0 Å². The number of rotatable bonds is 3. The van der Waals surface area contributed by atoms with Crippen LogP contribution in [0.2, 0.25) is 5.02 Å². The zero-order valence-electron chi connectivity index (χ0n) is 8.75. The Kier molecular flexibility index (Phi) is 3.74. The van der Waals surface area contributed by atoms with Gasteiger partial charge in [0.15, 0.2) is 0 Å². The third-order valence-electron chi connectivity index (χ3n) is 1.88. The largest absolute Gasteiger partial charge is 0.375 e. The van der Waals surface area contributed by atoms with Crippen LogP contribution in [-0.4, -0.2) is 20.0 Å². The molecule has 0 atom stereocenters. The zero-order chi connectivity index (χ0) is 11.4. The molecule has 80 valence electrons. The minimum atomic E-state index is -0.250. The molecule has 3 nitrogen and oxygen atoms in total. The van der Waals surface area contributed by atoms with Crippen LogP contribution in [0.25, 0.3) is 0 Å². The van der Waals surface area contributed by atoms with Crippen LogP contribution in [0.1, 0.15) is 0 Å². The van der Waals surface area contributed by atoms with Gasteiger partial charge >= 0.3 is 0 Å². The van der Waals surface area contributed by atoms with E-state index < -0.39 is 0 Å². The molecule has 0 aliphatic heterocycles. The number of para-hydroxylation sites is 1. The predicted octanol–water partition coefficient (Wildman–Crippen LogP) is 2.53. The minimum absolute atomic E-state index is 0.250. The molecule has 0 radical (unpaired) electrons. The van der Waals surface area contributed by atoms with Crippen LogP contribution in [0.3, 0.4) is 0 Å². The maximum absolute atomic E-state index is 11.2. The second-order valence-electron chi connectivity index (χ2n) is 3.22. The minimum Gasteiger partial charge on any atom is -0.375 e. The first-order chi connectivity index (χ1) is 7.06. The number of hydrogen-bond donors (Lipinski definition) is 1. The van der Waals surface area contributed by atoms with E-state index in [1.165, 1.54) is 6.08 Å². The van der Waals surface area contributed by atoms with Gasteiger partial charge in [-0.05, 0) is 18.2 Å². The van der Waals surface area contributed by atoms with Gasteiger partial charge in [0, 0.05) is 14.1 Å². The SMILES string of the molecule is C=CC(=O)Nc1cccc(Cl)c1N(C)C. The van der Waals surface area contributed by atoms with E-state index in [4.69, 9.17) is 11.6 Å². The summed E-state index contributed by atoms with van der Waals surface area (Å²) in [5.74, 6) is -0.250. The summed E-state index contributed by atoms with van der Waals surface area (Å²) in [7, 11) is 3.73. The van der Waals surface area contributed by atoms with Crippen molar-refractivity contribution in [2.24, 2.45) is 0 Å². The first-order valence-electron chi connectivity index (χ1n) is 4.45. The van der Waals surface area contributed by atoms with Gasteiger partial charge in [0.1, 0.15) is 0 Å². The Balaban J connectivity index is 3.11. The Bertz CT molecular complexity index is 388. The lowest BCUT2D eigenvalue weighted by Crippen LogP contribution is -2.15. The van der Waals surface area contributed by atoms with E-state index in [1.807, 2.05) is 19.0 Å². The molecular weight excluding hydrogens is 212 g/mol. The maximum atomic E-state index is 11.2. The number of nitrogens with zero attached hydrogens (tertiary/aromatic N) is 1. The molecule has 0 aliphatic carbocycles. The van der Waals surface area contributed by atoms with Gasteiger partial charge in [-0.2, -0.15) is 0 Å². The molecule has 0 saturated heterocycles. The van der Waals surface area contributed by atoms with Crippen molar-refractivity contribution in [3.63, 3.8) is 0 Å². The van der Waals surface area contributed by atoms with Gasteiger partial charge in [-0.25, -0.2) is 0 Å². The van der Waals surface area contributed by atoms with Crippen LogP contribution >= 0.6 is 11.6 Å². The molecule has 1 N–H and O–H groups in total. The average Bonchev–Trinajstić information content (AvgIpc) is 2.17. The van der Waals surface area contributed by atoms with E-state index >= 15 is 0 Å². The molecule has 0 saturated carbocycles. The van der Waals surface area contributed by atoms with Crippen LogP contribution in [0.15, 0.2) is 30.9 Å². The number of amides is 1. The molecule has 0 bridgehead atoms. The first kappa shape index (κ1) is 11.6. The van der Waals surface area contributed by atoms with Gasteiger partial charge in [0.2, 0.25) is 5.91 Å². The van der Waals surface area contributed by atoms with Crippen LogP contribution in [0.5, 0.6) is 0 Å². The summed E-state index contributed by atoms with van der Waals surface area (Å²) >= 11 is 6.03. The fraction of sp³-hybridized carbons (Fsp3) is 0.182. The van der Waals surface area contributed by atoms with Crippen molar-refractivity contribution in [3.05, 3.63) is 35.9 Å². The van der Waals surface area contributed by atoms with Crippen molar-refractivity contribution in [3.8, 4) is 0 Å². The summed E-state index contributed by atoms with van der Waals surface area (Å²) in [6.45, 7) is 3.40. The smallest absolute Gasteiger partial charge is 0.247 e. The number of benzene rings is 1. The number of halogens is 1. The third kappa shape index (κ3) is 2.73. The average molecular weight is 225 g/mol. The van der Waals surface area contributed by atoms with Crippen molar-refractivity contribution in [2.75, 3.05) is 24.3 Å². The van der Waals surface area contributed by atoms with Crippen molar-refractivity contribution < 1.29 is 4.79 Å². The standard InChI is InChI=1S/C11H13ClN2O/c1-4-10(15)13-9-7-5-6-8(12)11(9)14(2)3/h4-7H,1H2,2-3H3,(H,13,15). The second-order valence-corrected chi connectivity index (χ2v) is 3.63. The van der Waals surface area contributed by atoms with Crippen LogP contribution < -0.4 is 10.2 Å². The van der Waals surface area contributed by atoms with E-state index in [0.717, 1.165) is 5.69 Å². The molecule has 1 aromatic carbocycles. The van der Waals surface area contributed by atoms with Gasteiger partial charge in [-0.3, -0.25) is 4.79 Å². The van der Waals surface area contributed by atoms with Gasteiger partial charge in [-0.15, -0.1) is 0 Å². The Morgan fingerprint density at radius 3 is 2.73 bits per heavy atom. The van der Waals surface area contributed by atoms with Crippen molar-refractivity contribution >= 4 is 28.9 Å². The van der Waals surface area contributed by atoms with Gasteiger partial charge in [0.25, 0.3) is 0 Å². The second kappa shape index (κ2) is 4.84. The monoisotopic (exact) mass is 224 g/mol. The van der Waals surface area contributed by atoms with E-state index in [1.54, 1.807) is 18.2 Å². The fourth-order valence-electron chi connectivity index (χ4n) is 1.25. The maximum Gasteiger partial charge on any atom is 0.247 e. The molecular formula is C11H13ClN2O. The van der Waals surface area contributed by atoms with Crippen LogP contribution in [0.4, 0.5) is 11.4 Å². The molecule has 1 rings (SSSR count). The molecule has 0 spiro atoms. The first-order valence-corrected chi connectivity index (χ1v) is 4.83. The molecule has 1 amide bonds. The van der Waals surface area contributed by atoms with E-state index in [-0.39, 0.29) is 5.91 Å². The highest BCUT2D eigenvalue weighted by Gasteiger charge is 2.09. The molecule has 0 aromatic heterocycles. The molecule has 15 heavy (non-hydrogen) atoms. The van der Waals surface area contributed by atoms with Gasteiger partial charge in [0.05, 0.1) is 16.4 Å². The fourth-order valence-corrected chi connectivity index (χ4v) is 1.60. The normalized spacial score (nSPS) is 9.53. The summed E-state index contributed by atoms with van der Waals surface area (Å²) in [5, 5.41) is 3.30. The highest BCUT2D eigenvalue weighted by molar-refractivity contribution is 6.34. The van der Waals surface area contributed by atoms with Crippen molar-refractivity contribution in [2.45, 2.75) is 0 Å². The molecule has 0 fully saturated rings. The third-order valence-corrected chi connectivity index (χ3v) is 2.18. The Labute approximate surface area is 94.3 Å². The highest BCUT2D eigenvalue weighted by Crippen LogP contribution is 2.32. The summed E-state index contributed by atoms with van der Waals surface area (Å²) in [6.07, 6.45) is 1.22. The van der Waals surface area contributed by atoms with E-state index in [0.29, 0.717) is 10.7 Å². The Hall–Kier alpha value is -1.48. The summed E-state index contributed by atoms with van der Waals surface area (Å²) < 4.78 is 0. The predicted molar refractivity (Wildman–Crippen MR) is 64.6 cm³/mol. The number of nitrogens with one attached hydrogen (secondary N) is 1. The van der Waals surface area contributed by atoms with Crippen molar-refractivity contribution in [1.29, 1.82) is 0 Å². The number of carbonyl (C=O) groups is 1. The molecule has 4 heteroatoms. The summed E-state index contributed by atoms with van der Waals surface area (Å²) in [5.41, 5.74) is 1.46. The lowest BCUT2D eigenvalue weighted by Gasteiger charge is -2.18. The molecule has 0 aliphatic rings. The molecule has 1 aromatic rings. The van der Waals surface area contributed by atoms with E-state index in [9.17, 15) is 4.79 Å². The Morgan fingerprint density at radius 1 is 1.53 bits per heavy atom. The molecule has 0 heterocycles. The summed E-state index contributed by atoms with van der Waals surface area (Å²) in [6, 6.07) is 5.36. The van der Waals surface area contributed by atoms with Crippen LogP contribution in [-0.2, 0) is 4.79 Å². The van der Waals surface area contributed by atoms with Gasteiger partial charge < -0.3 is 10.2 Å². The quantitative estimate of drug-likeness (QED) is 0.801. The number of hydrogen-bond acceptors (Lipinski definition) is 2. The lowest BCUT2D eigenvalue weighted by molar-refractivity contribution is -0.111. The topological polar surface area (TPSA) is 32.3 Å². The number of carbonyl (C=O) groups excluding carboxylic acids is 1. The zero-order valence-corrected chi connectivity index (χ0v) is 9.51.